The summed E-state index contributed by atoms with van der Waals surface area (Å²) in [5.41, 5.74) is 3.94. The Labute approximate surface area is 196 Å². The van der Waals surface area contributed by atoms with E-state index in [1.54, 1.807) is 25.5 Å². The van der Waals surface area contributed by atoms with E-state index >= 15 is 0 Å². The number of esters is 1. The zero-order valence-electron chi connectivity index (χ0n) is 19.8. The Balaban J connectivity index is 1.89. The summed E-state index contributed by atoms with van der Waals surface area (Å²) in [6.45, 7) is 7.85. The molecule has 5 rings (SSSR count). The molecule has 9 heteroatoms. The first-order valence-electron chi connectivity index (χ1n) is 11.2. The highest BCUT2D eigenvalue weighted by atomic mass is 16.5. The van der Waals surface area contributed by atoms with Gasteiger partial charge in [-0.25, -0.2) is 14.3 Å². The molecule has 0 saturated heterocycles. The van der Waals surface area contributed by atoms with Gasteiger partial charge in [-0.3, -0.25) is 4.79 Å². The van der Waals surface area contributed by atoms with Gasteiger partial charge in [0.2, 0.25) is 0 Å². The van der Waals surface area contributed by atoms with Gasteiger partial charge in [-0.2, -0.15) is 0 Å². The fourth-order valence-corrected chi connectivity index (χ4v) is 4.67. The van der Waals surface area contributed by atoms with Gasteiger partial charge in [0.1, 0.15) is 5.75 Å². The molecule has 0 aliphatic heterocycles. The first kappa shape index (κ1) is 21.9. The third kappa shape index (κ3) is 3.39. The van der Waals surface area contributed by atoms with Gasteiger partial charge in [-0.05, 0) is 43.4 Å². The zero-order chi connectivity index (χ0) is 24.2. The lowest BCUT2D eigenvalue weighted by atomic mass is 9.77. The number of ether oxygens (including phenoxy) is 2. The van der Waals surface area contributed by atoms with Crippen molar-refractivity contribution in [1.29, 1.82) is 0 Å². The van der Waals surface area contributed by atoms with E-state index in [0.29, 0.717) is 63.5 Å². The van der Waals surface area contributed by atoms with Gasteiger partial charge in [0, 0.05) is 12.0 Å². The highest BCUT2D eigenvalue weighted by molar-refractivity contribution is 6.11. The molecule has 0 unspecified atom stereocenters. The topological polar surface area (TPSA) is 109 Å². The van der Waals surface area contributed by atoms with Crippen molar-refractivity contribution in [3.63, 3.8) is 0 Å². The summed E-state index contributed by atoms with van der Waals surface area (Å²) < 4.78 is 12.3. The van der Waals surface area contributed by atoms with Crippen molar-refractivity contribution in [2.24, 2.45) is 5.41 Å². The number of Topliss-reactive ketones (excluding diaryl/α,β-unsaturated/α-hetero) is 1. The number of ketones is 1. The molecule has 1 aliphatic rings. The van der Waals surface area contributed by atoms with Gasteiger partial charge < -0.3 is 9.47 Å². The van der Waals surface area contributed by atoms with Crippen molar-refractivity contribution in [2.45, 2.75) is 40.5 Å². The minimum Gasteiger partial charge on any atom is -0.497 e. The number of benzene rings is 1. The molecule has 4 aromatic rings. The molecule has 0 fully saturated rings. The third-order valence-corrected chi connectivity index (χ3v) is 6.16. The molecule has 0 amide bonds. The molecule has 0 spiro atoms. The van der Waals surface area contributed by atoms with Crippen LogP contribution in [0.15, 0.2) is 24.3 Å². The van der Waals surface area contributed by atoms with Crippen LogP contribution in [0.2, 0.25) is 0 Å². The van der Waals surface area contributed by atoms with E-state index in [2.05, 4.69) is 15.2 Å². The molecule has 0 atom stereocenters. The number of hydrogen-bond acceptors (Lipinski definition) is 8. The van der Waals surface area contributed by atoms with Crippen LogP contribution in [0.1, 0.15) is 59.4 Å². The molecule has 3 aromatic heterocycles. The molecular formula is C25H25N5O4. The number of aromatic nitrogens is 5. The van der Waals surface area contributed by atoms with Crippen molar-refractivity contribution in [1.82, 2.24) is 24.8 Å². The zero-order valence-corrected chi connectivity index (χ0v) is 19.8. The lowest BCUT2D eigenvalue weighted by Gasteiger charge is -2.28. The van der Waals surface area contributed by atoms with E-state index in [0.717, 1.165) is 5.56 Å². The summed E-state index contributed by atoms with van der Waals surface area (Å²) in [6.07, 6.45) is 1.03. The predicted octanol–water partition coefficient (Wildman–Crippen LogP) is 3.99. The Morgan fingerprint density at radius 1 is 1.15 bits per heavy atom. The summed E-state index contributed by atoms with van der Waals surface area (Å²) in [4.78, 5) is 30.4. The largest absolute Gasteiger partial charge is 0.497 e. The lowest BCUT2D eigenvalue weighted by molar-refractivity contribution is 0.0526. The van der Waals surface area contributed by atoms with Crippen LogP contribution in [0.5, 0.6) is 5.75 Å². The fourth-order valence-electron chi connectivity index (χ4n) is 4.67. The van der Waals surface area contributed by atoms with Crippen LogP contribution in [-0.4, -0.2) is 50.3 Å². The van der Waals surface area contributed by atoms with Gasteiger partial charge in [0.05, 0.1) is 36.1 Å². The number of carbonyl (C=O) groups excluding carboxylic acids is 2. The first-order valence-corrected chi connectivity index (χ1v) is 11.2. The average molecular weight is 460 g/mol. The monoisotopic (exact) mass is 459 g/mol. The third-order valence-electron chi connectivity index (χ3n) is 6.16. The van der Waals surface area contributed by atoms with Crippen molar-refractivity contribution >= 4 is 28.4 Å². The molecule has 0 bridgehead atoms. The second kappa shape index (κ2) is 7.86. The lowest BCUT2D eigenvalue weighted by Crippen LogP contribution is -2.30. The molecule has 9 nitrogen and oxygen atoms in total. The van der Waals surface area contributed by atoms with E-state index < -0.39 is 5.97 Å². The first-order chi connectivity index (χ1) is 16.2. The summed E-state index contributed by atoms with van der Waals surface area (Å²) in [5, 5.41) is 14.0. The molecule has 0 radical (unpaired) electrons. The van der Waals surface area contributed by atoms with Gasteiger partial charge in [0.15, 0.2) is 22.8 Å². The van der Waals surface area contributed by atoms with E-state index in [-0.39, 0.29) is 17.8 Å². The molecular weight excluding hydrogens is 434 g/mol. The maximum atomic E-state index is 13.1. The van der Waals surface area contributed by atoms with Crippen LogP contribution in [0.3, 0.4) is 0 Å². The van der Waals surface area contributed by atoms with E-state index in [1.165, 1.54) is 0 Å². The Bertz CT molecular complexity index is 1470. The summed E-state index contributed by atoms with van der Waals surface area (Å²) >= 11 is 0. The Kier molecular flexibility index (Phi) is 5.07. The number of methoxy groups -OCH3 is 1. The Morgan fingerprint density at radius 3 is 2.56 bits per heavy atom. The van der Waals surface area contributed by atoms with Crippen LogP contribution >= 0.6 is 0 Å². The minimum absolute atomic E-state index is 0.0491. The second-order valence-electron chi connectivity index (χ2n) is 9.27. The maximum absolute atomic E-state index is 13.1. The highest BCUT2D eigenvalue weighted by Gasteiger charge is 2.35. The number of pyridine rings is 1. The van der Waals surface area contributed by atoms with Gasteiger partial charge >= 0.3 is 5.97 Å². The van der Waals surface area contributed by atoms with Crippen LogP contribution in [0, 0.1) is 12.3 Å². The van der Waals surface area contributed by atoms with E-state index in [9.17, 15) is 9.59 Å². The Morgan fingerprint density at radius 2 is 1.88 bits per heavy atom. The van der Waals surface area contributed by atoms with Crippen LogP contribution < -0.4 is 4.74 Å². The fraction of sp³-hybridized carbons (Fsp3) is 0.360. The summed E-state index contributed by atoms with van der Waals surface area (Å²) in [7, 11) is 1.60. The minimum atomic E-state index is -0.471. The summed E-state index contributed by atoms with van der Waals surface area (Å²) in [6, 6.07) is 7.40. The normalized spacial score (nSPS) is 14.9. The molecule has 0 saturated carbocycles. The van der Waals surface area contributed by atoms with Gasteiger partial charge in [-0.1, -0.05) is 26.0 Å². The number of fused-ring (bicyclic) bond motifs is 5. The van der Waals surface area contributed by atoms with E-state index in [1.807, 2.05) is 38.1 Å². The number of hydrogen-bond donors (Lipinski definition) is 0. The maximum Gasteiger partial charge on any atom is 0.340 e. The average Bonchev–Trinajstić information content (AvgIpc) is 3.16. The molecule has 1 aromatic carbocycles. The van der Waals surface area contributed by atoms with Crippen LogP contribution in [0.4, 0.5) is 0 Å². The second-order valence-corrected chi connectivity index (χ2v) is 9.27. The molecule has 1 aliphatic carbocycles. The van der Waals surface area contributed by atoms with Crippen molar-refractivity contribution in [2.75, 3.05) is 13.7 Å². The van der Waals surface area contributed by atoms with Crippen molar-refractivity contribution in [3.05, 3.63) is 46.9 Å². The number of carbonyl (C=O) groups is 2. The molecule has 34 heavy (non-hydrogen) atoms. The van der Waals surface area contributed by atoms with Crippen LogP contribution in [0.25, 0.3) is 27.8 Å². The van der Waals surface area contributed by atoms with E-state index in [4.69, 9.17) is 14.6 Å². The van der Waals surface area contributed by atoms with Crippen LogP contribution in [-0.2, 0) is 11.2 Å². The Hall–Kier alpha value is -3.88. The number of aryl methyl sites for hydroxylation is 1. The highest BCUT2D eigenvalue weighted by Crippen LogP contribution is 2.38. The molecule has 174 valence electrons. The smallest absolute Gasteiger partial charge is 0.340 e. The molecule has 3 heterocycles. The number of rotatable bonds is 4. The standard InChI is InChI=1S/C25H25N5O4/c1-6-34-24(32)18-13(2)26-22-20(19(18)14-7-9-15(33-5)10-8-14)23-28-27-21-16(30(23)29-22)11-25(3,4)12-17(21)31/h7-10H,6,11-12H2,1-5H3. The van der Waals surface area contributed by atoms with Crippen molar-refractivity contribution < 1.29 is 19.1 Å². The predicted molar refractivity (Wildman–Crippen MR) is 125 cm³/mol. The van der Waals surface area contributed by atoms with Crippen molar-refractivity contribution in [3.8, 4) is 16.9 Å². The molecule has 0 N–H and O–H groups in total. The van der Waals surface area contributed by atoms with Gasteiger partial charge in [-0.15, -0.1) is 15.3 Å². The summed E-state index contributed by atoms with van der Waals surface area (Å²) in [5.74, 6) is 0.173. The quantitative estimate of drug-likeness (QED) is 0.422. The SMILES string of the molecule is CCOC(=O)c1c(C)nc2nn3c4c(nnc3c2c1-c1ccc(OC)cc1)C(=O)CC(C)(C)C4. The van der Waals surface area contributed by atoms with Gasteiger partial charge in [0.25, 0.3) is 0 Å². The number of nitrogens with zero attached hydrogens (tertiary/aromatic N) is 5.